The number of primary amides is 1. The third-order valence-electron chi connectivity index (χ3n) is 3.42. The van der Waals surface area contributed by atoms with E-state index < -0.39 is 11.4 Å². The summed E-state index contributed by atoms with van der Waals surface area (Å²) in [5.41, 5.74) is 3.92. The van der Waals surface area contributed by atoms with Crippen LogP contribution in [0.3, 0.4) is 0 Å². The summed E-state index contributed by atoms with van der Waals surface area (Å²) in [4.78, 5) is 12.8. The molecule has 1 fully saturated rings. The molecule has 0 aromatic heterocycles. The fourth-order valence-electron chi connectivity index (χ4n) is 2.32. The number of ether oxygens (including phenoxy) is 2. The van der Waals surface area contributed by atoms with Crippen molar-refractivity contribution in [3.8, 4) is 5.75 Å². The molecule has 1 saturated heterocycles. The minimum atomic E-state index is -1.22. The number of halogens is 1. The topological polar surface area (TPSA) is 85.0 Å². The van der Waals surface area contributed by atoms with Crippen LogP contribution in [0.2, 0.25) is 0 Å². The summed E-state index contributed by atoms with van der Waals surface area (Å²) in [7, 11) is 0. The third-order valence-corrected chi connectivity index (χ3v) is 3.42. The van der Waals surface area contributed by atoms with Gasteiger partial charge in [-0.05, 0) is 12.1 Å². The van der Waals surface area contributed by atoms with Crippen LogP contribution in [0, 0.1) is 5.82 Å². The summed E-state index contributed by atoms with van der Waals surface area (Å²) in [5, 5.41) is 10.6. The Morgan fingerprint density at radius 3 is 3.09 bits per heavy atom. The van der Waals surface area contributed by atoms with Gasteiger partial charge in [0.1, 0.15) is 23.8 Å². The van der Waals surface area contributed by atoms with Crippen molar-refractivity contribution in [1.82, 2.24) is 4.90 Å². The lowest BCUT2D eigenvalue weighted by molar-refractivity contribution is -0.118. The number of hydrogen-bond donors (Lipinski definition) is 2. The lowest BCUT2D eigenvalue weighted by Gasteiger charge is -2.30. The van der Waals surface area contributed by atoms with Crippen molar-refractivity contribution in [2.45, 2.75) is 12.0 Å². The van der Waals surface area contributed by atoms with Crippen LogP contribution < -0.4 is 10.5 Å². The van der Waals surface area contributed by atoms with E-state index in [9.17, 15) is 14.3 Å². The average Bonchev–Trinajstić information content (AvgIpc) is 2.65. The van der Waals surface area contributed by atoms with E-state index in [0.29, 0.717) is 32.0 Å². The van der Waals surface area contributed by atoms with Crippen molar-refractivity contribution in [1.29, 1.82) is 0 Å². The van der Waals surface area contributed by atoms with Crippen LogP contribution in [0.15, 0.2) is 24.3 Å². The highest BCUT2D eigenvalue weighted by Crippen LogP contribution is 2.17. The molecule has 7 heteroatoms. The van der Waals surface area contributed by atoms with Crippen molar-refractivity contribution >= 4 is 5.91 Å². The Labute approximate surface area is 128 Å². The van der Waals surface area contributed by atoms with E-state index in [0.717, 1.165) is 0 Å². The van der Waals surface area contributed by atoms with E-state index in [1.807, 2.05) is 4.90 Å². The average molecular weight is 312 g/mol. The summed E-state index contributed by atoms with van der Waals surface area (Å²) < 4.78 is 24.0. The summed E-state index contributed by atoms with van der Waals surface area (Å²) in [6.45, 7) is 1.92. The molecule has 1 aromatic rings. The van der Waals surface area contributed by atoms with Crippen molar-refractivity contribution in [2.24, 2.45) is 5.73 Å². The van der Waals surface area contributed by atoms with E-state index >= 15 is 0 Å². The third kappa shape index (κ3) is 5.25. The second-order valence-corrected chi connectivity index (χ2v) is 5.52. The second kappa shape index (κ2) is 7.53. The first-order chi connectivity index (χ1) is 10.5. The summed E-state index contributed by atoms with van der Waals surface area (Å²) in [6.07, 6.45) is 0.223. The number of hydrogen-bond acceptors (Lipinski definition) is 5. The fraction of sp³-hybridized carbons (Fsp3) is 0.533. The van der Waals surface area contributed by atoms with Gasteiger partial charge in [-0.15, -0.1) is 0 Å². The lowest BCUT2D eigenvalue weighted by Crippen LogP contribution is -2.49. The van der Waals surface area contributed by atoms with Crippen molar-refractivity contribution in [3.05, 3.63) is 30.1 Å². The Morgan fingerprint density at radius 2 is 2.36 bits per heavy atom. The SMILES string of the molecule is NC(=O)CCN1CCOC[C@](O)(COc2cccc(F)c2)C1. The molecule has 1 heterocycles. The molecule has 1 aliphatic heterocycles. The predicted molar refractivity (Wildman–Crippen MR) is 77.9 cm³/mol. The van der Waals surface area contributed by atoms with Crippen LogP contribution in [0.1, 0.15) is 6.42 Å². The van der Waals surface area contributed by atoms with Crippen LogP contribution >= 0.6 is 0 Å². The molecule has 1 atom stereocenters. The highest BCUT2D eigenvalue weighted by molar-refractivity contribution is 5.73. The molecule has 0 saturated carbocycles. The number of carbonyl (C=O) groups excluding carboxylic acids is 1. The van der Waals surface area contributed by atoms with Gasteiger partial charge in [0.05, 0.1) is 13.2 Å². The zero-order chi connectivity index (χ0) is 16.0. The number of β-amino-alcohol motifs (C(OH)–C–C–N with tert-alkyl or cyclic N) is 1. The van der Waals surface area contributed by atoms with Crippen LogP contribution in [0.4, 0.5) is 4.39 Å². The lowest BCUT2D eigenvalue weighted by atomic mass is 10.1. The first-order valence-electron chi connectivity index (χ1n) is 7.16. The Morgan fingerprint density at radius 1 is 1.55 bits per heavy atom. The van der Waals surface area contributed by atoms with Gasteiger partial charge in [0, 0.05) is 32.1 Å². The van der Waals surface area contributed by atoms with Crippen LogP contribution in [0.5, 0.6) is 5.75 Å². The summed E-state index contributed by atoms with van der Waals surface area (Å²) in [6, 6.07) is 5.74. The van der Waals surface area contributed by atoms with Gasteiger partial charge in [0.2, 0.25) is 5.91 Å². The number of nitrogens with zero attached hydrogens (tertiary/aromatic N) is 1. The quantitative estimate of drug-likeness (QED) is 0.781. The second-order valence-electron chi connectivity index (χ2n) is 5.52. The van der Waals surface area contributed by atoms with Gasteiger partial charge in [0.15, 0.2) is 0 Å². The normalized spacial score (nSPS) is 23.0. The molecule has 2 rings (SSSR count). The number of amides is 1. The smallest absolute Gasteiger partial charge is 0.218 e. The van der Waals surface area contributed by atoms with Gasteiger partial charge in [-0.2, -0.15) is 0 Å². The molecule has 1 aliphatic rings. The standard InChI is InChI=1S/C15H21FN2O4/c16-12-2-1-3-13(8-12)22-11-15(20)9-18(5-4-14(17)19)6-7-21-10-15/h1-3,8,20H,4-7,9-11H2,(H2,17,19)/t15-/m0/s1. The van der Waals surface area contributed by atoms with Gasteiger partial charge in [-0.25, -0.2) is 4.39 Å². The van der Waals surface area contributed by atoms with Gasteiger partial charge in [-0.3, -0.25) is 9.69 Å². The Hall–Kier alpha value is -1.70. The highest BCUT2D eigenvalue weighted by Gasteiger charge is 2.33. The van der Waals surface area contributed by atoms with Crippen LogP contribution in [-0.2, 0) is 9.53 Å². The molecule has 0 aliphatic carbocycles. The van der Waals surface area contributed by atoms with Crippen LogP contribution in [0.25, 0.3) is 0 Å². The van der Waals surface area contributed by atoms with Crippen LogP contribution in [-0.4, -0.2) is 61.0 Å². The fourth-order valence-corrected chi connectivity index (χ4v) is 2.32. The summed E-state index contributed by atoms with van der Waals surface area (Å²) >= 11 is 0. The van der Waals surface area contributed by atoms with Crippen molar-refractivity contribution in [2.75, 3.05) is 39.5 Å². The maximum absolute atomic E-state index is 13.1. The molecule has 1 aromatic carbocycles. The molecule has 6 nitrogen and oxygen atoms in total. The Kier molecular flexibility index (Phi) is 5.70. The molecular formula is C15H21FN2O4. The predicted octanol–water partition coefficient (Wildman–Crippen LogP) is 0.143. The van der Waals surface area contributed by atoms with Gasteiger partial charge in [-0.1, -0.05) is 6.07 Å². The number of nitrogens with two attached hydrogens (primary N) is 1. The Bertz CT molecular complexity index is 514. The van der Waals surface area contributed by atoms with Gasteiger partial charge < -0.3 is 20.3 Å². The minimum Gasteiger partial charge on any atom is -0.490 e. The molecule has 3 N–H and O–H groups in total. The first kappa shape index (κ1) is 16.7. The molecule has 122 valence electrons. The van der Waals surface area contributed by atoms with E-state index in [4.69, 9.17) is 15.2 Å². The van der Waals surface area contributed by atoms with E-state index in [1.165, 1.54) is 18.2 Å². The monoisotopic (exact) mass is 312 g/mol. The van der Waals surface area contributed by atoms with E-state index in [2.05, 4.69) is 0 Å². The molecule has 0 bridgehead atoms. The number of benzene rings is 1. The van der Waals surface area contributed by atoms with E-state index in [1.54, 1.807) is 6.07 Å². The summed E-state index contributed by atoms with van der Waals surface area (Å²) in [5.74, 6) is -0.434. The molecular weight excluding hydrogens is 291 g/mol. The van der Waals surface area contributed by atoms with Gasteiger partial charge >= 0.3 is 0 Å². The van der Waals surface area contributed by atoms with Crippen molar-refractivity contribution in [3.63, 3.8) is 0 Å². The van der Waals surface area contributed by atoms with Gasteiger partial charge in [0.25, 0.3) is 0 Å². The zero-order valence-corrected chi connectivity index (χ0v) is 12.3. The number of carbonyl (C=O) groups is 1. The Balaban J connectivity index is 1.92. The van der Waals surface area contributed by atoms with Crippen molar-refractivity contribution < 1.29 is 23.8 Å². The zero-order valence-electron chi connectivity index (χ0n) is 12.3. The molecule has 1 amide bonds. The molecule has 0 radical (unpaired) electrons. The maximum atomic E-state index is 13.1. The number of rotatable bonds is 6. The van der Waals surface area contributed by atoms with E-state index in [-0.39, 0.29) is 25.5 Å². The molecule has 0 unspecified atom stereocenters. The maximum Gasteiger partial charge on any atom is 0.218 e. The molecule has 0 spiro atoms. The largest absolute Gasteiger partial charge is 0.490 e. The minimum absolute atomic E-state index is 0.0243. The highest BCUT2D eigenvalue weighted by atomic mass is 19.1. The first-order valence-corrected chi connectivity index (χ1v) is 7.16. The number of aliphatic hydroxyl groups is 1. The molecule has 22 heavy (non-hydrogen) atoms.